The van der Waals surface area contributed by atoms with E-state index in [4.69, 9.17) is 9.84 Å². The van der Waals surface area contributed by atoms with Gasteiger partial charge in [0.05, 0.1) is 19.3 Å². The fourth-order valence-corrected chi connectivity index (χ4v) is 2.42. The third-order valence-electron chi connectivity index (χ3n) is 3.46. The molecule has 1 saturated heterocycles. The summed E-state index contributed by atoms with van der Waals surface area (Å²) in [6.45, 7) is -0.405. The number of ether oxygens (including phenoxy) is 1. The molecule has 0 saturated carbocycles. The minimum absolute atomic E-state index is 0.287. The molecule has 3 aliphatic rings. The number of nitrogens with zero attached hydrogens (tertiary/aromatic N) is 3. The maximum atomic E-state index is 11.6. The van der Waals surface area contributed by atoms with Gasteiger partial charge in [0, 0.05) is 0 Å². The predicted octanol–water partition coefficient (Wildman–Crippen LogP) is -3.38. The molecule has 9 heteroatoms. The molecule has 1 fully saturated rings. The van der Waals surface area contributed by atoms with Crippen molar-refractivity contribution < 1.29 is 24.9 Å². The summed E-state index contributed by atoms with van der Waals surface area (Å²) in [5, 5.41) is 31.1. The van der Waals surface area contributed by atoms with Crippen molar-refractivity contribution in [3.8, 4) is 0 Å². The highest BCUT2D eigenvalue weighted by atomic mass is 16.6. The summed E-state index contributed by atoms with van der Waals surface area (Å²) in [6.07, 6.45) is -2.11. The molecule has 0 spiro atoms. The summed E-state index contributed by atoms with van der Waals surface area (Å²) in [6, 6.07) is -0.689. The van der Waals surface area contributed by atoms with E-state index in [1.165, 1.54) is 17.6 Å². The minimum Gasteiger partial charge on any atom is -0.394 e. The van der Waals surface area contributed by atoms with E-state index in [1.54, 1.807) is 0 Å². The van der Waals surface area contributed by atoms with Crippen molar-refractivity contribution in [2.24, 2.45) is 9.98 Å². The van der Waals surface area contributed by atoms with E-state index in [2.05, 4.69) is 15.3 Å². The van der Waals surface area contributed by atoms with Gasteiger partial charge in [-0.05, 0) is 0 Å². The molecule has 4 N–H and O–H groups in total. The minimum atomic E-state index is -1.21. The number of nitrogens with one attached hydrogen (secondary N) is 1. The van der Waals surface area contributed by atoms with Crippen LogP contribution in [0.3, 0.4) is 0 Å². The average Bonchev–Trinajstić information content (AvgIpc) is 2.94. The standard InChI is InChI=1S/C10H14N4O5/c15-1-4-6(16)7(17)10(19-4)14-3-13-5-8(14)11-2-12-9(5)18/h2-8,10,15-17H,1H2,(H,11,12,18)/t4-,5+,6+,7+,8+,10-/m1/s1. The van der Waals surface area contributed by atoms with E-state index in [1.807, 2.05) is 0 Å². The number of aliphatic hydroxyl groups is 3. The van der Waals surface area contributed by atoms with Gasteiger partial charge in [-0.15, -0.1) is 0 Å². The van der Waals surface area contributed by atoms with Gasteiger partial charge in [-0.1, -0.05) is 0 Å². The van der Waals surface area contributed by atoms with Crippen LogP contribution in [0.5, 0.6) is 0 Å². The van der Waals surface area contributed by atoms with Crippen LogP contribution in [0.2, 0.25) is 0 Å². The van der Waals surface area contributed by atoms with Crippen molar-refractivity contribution in [1.29, 1.82) is 0 Å². The van der Waals surface area contributed by atoms with E-state index in [0.29, 0.717) is 0 Å². The molecule has 0 aliphatic carbocycles. The van der Waals surface area contributed by atoms with Crippen LogP contribution in [0.25, 0.3) is 0 Å². The maximum Gasteiger partial charge on any atom is 0.254 e. The Balaban J connectivity index is 1.81. The molecule has 0 aromatic heterocycles. The summed E-state index contributed by atoms with van der Waals surface area (Å²) < 4.78 is 5.38. The van der Waals surface area contributed by atoms with Gasteiger partial charge in [-0.3, -0.25) is 9.79 Å². The van der Waals surface area contributed by atoms with Crippen LogP contribution in [0, 0.1) is 0 Å². The van der Waals surface area contributed by atoms with E-state index < -0.39 is 43.4 Å². The summed E-state index contributed by atoms with van der Waals surface area (Å²) in [5.41, 5.74) is 0. The van der Waals surface area contributed by atoms with Crippen LogP contribution >= 0.6 is 0 Å². The number of fused-ring (bicyclic) bond motifs is 1. The highest BCUT2D eigenvalue weighted by Crippen LogP contribution is 2.29. The Labute approximate surface area is 108 Å². The second-order valence-electron chi connectivity index (χ2n) is 4.59. The average molecular weight is 270 g/mol. The number of hydrogen-bond donors (Lipinski definition) is 4. The molecule has 0 radical (unpaired) electrons. The van der Waals surface area contributed by atoms with Crippen molar-refractivity contribution in [3.05, 3.63) is 0 Å². The van der Waals surface area contributed by atoms with Crippen LogP contribution in [0.4, 0.5) is 0 Å². The molecular weight excluding hydrogens is 256 g/mol. The molecule has 19 heavy (non-hydrogen) atoms. The zero-order chi connectivity index (χ0) is 13.6. The lowest BCUT2D eigenvalue weighted by atomic mass is 10.1. The summed E-state index contributed by atoms with van der Waals surface area (Å²) in [7, 11) is 0. The summed E-state index contributed by atoms with van der Waals surface area (Å²) >= 11 is 0. The Bertz CT molecular complexity index is 442. The molecule has 1 amide bonds. The molecule has 0 aromatic rings. The molecule has 6 atom stereocenters. The molecule has 9 nitrogen and oxygen atoms in total. The van der Waals surface area contributed by atoms with Crippen LogP contribution in [0.15, 0.2) is 9.98 Å². The number of hydrogen-bond acceptors (Lipinski definition) is 8. The normalized spacial score (nSPS) is 44.6. The van der Waals surface area contributed by atoms with Crippen LogP contribution in [-0.4, -0.2) is 82.2 Å². The number of amides is 1. The number of carbonyl (C=O) groups is 1. The van der Waals surface area contributed by atoms with E-state index in [9.17, 15) is 15.0 Å². The first-order valence-electron chi connectivity index (χ1n) is 5.88. The van der Waals surface area contributed by atoms with E-state index in [-0.39, 0.29) is 5.91 Å². The molecule has 0 unspecified atom stereocenters. The topological polar surface area (TPSA) is 127 Å². The molecule has 3 rings (SSSR count). The lowest BCUT2D eigenvalue weighted by Gasteiger charge is -2.31. The van der Waals surface area contributed by atoms with Crippen LogP contribution < -0.4 is 5.32 Å². The number of aliphatic imine (C=N–C) groups is 2. The molecule has 3 aliphatic heterocycles. The largest absolute Gasteiger partial charge is 0.394 e. The molecule has 3 heterocycles. The van der Waals surface area contributed by atoms with Gasteiger partial charge >= 0.3 is 0 Å². The van der Waals surface area contributed by atoms with Gasteiger partial charge in [0.2, 0.25) is 0 Å². The van der Waals surface area contributed by atoms with Crippen LogP contribution in [-0.2, 0) is 9.53 Å². The van der Waals surface area contributed by atoms with E-state index >= 15 is 0 Å². The lowest BCUT2D eigenvalue weighted by molar-refractivity contribution is -0.124. The first kappa shape index (κ1) is 12.5. The first-order chi connectivity index (χ1) is 9.13. The monoisotopic (exact) mass is 270 g/mol. The van der Waals surface area contributed by atoms with Gasteiger partial charge in [0.15, 0.2) is 18.4 Å². The third-order valence-corrected chi connectivity index (χ3v) is 3.46. The second-order valence-corrected chi connectivity index (χ2v) is 4.59. The predicted molar refractivity (Wildman–Crippen MR) is 62.3 cm³/mol. The Kier molecular flexibility index (Phi) is 2.97. The van der Waals surface area contributed by atoms with E-state index in [0.717, 1.165) is 0 Å². The Morgan fingerprint density at radius 3 is 2.84 bits per heavy atom. The zero-order valence-electron chi connectivity index (χ0n) is 9.83. The quantitative estimate of drug-likeness (QED) is 0.414. The van der Waals surface area contributed by atoms with Crippen LogP contribution in [0.1, 0.15) is 0 Å². The number of rotatable bonds is 2. The summed E-state index contributed by atoms with van der Waals surface area (Å²) in [5.74, 6) is -0.287. The molecule has 0 bridgehead atoms. The van der Waals surface area contributed by atoms with Crippen molar-refractivity contribution >= 4 is 18.6 Å². The summed E-state index contributed by atoms with van der Waals surface area (Å²) in [4.78, 5) is 21.1. The maximum absolute atomic E-state index is 11.6. The number of carbonyl (C=O) groups excluding carboxylic acids is 1. The first-order valence-corrected chi connectivity index (χ1v) is 5.88. The smallest absolute Gasteiger partial charge is 0.254 e. The highest BCUT2D eigenvalue weighted by molar-refractivity contribution is 5.96. The lowest BCUT2D eigenvalue weighted by Crippen LogP contribution is -2.53. The molecule has 0 aromatic carbocycles. The second kappa shape index (κ2) is 4.53. The van der Waals surface area contributed by atoms with Gasteiger partial charge in [0.1, 0.15) is 18.3 Å². The Morgan fingerprint density at radius 2 is 2.16 bits per heavy atom. The van der Waals surface area contributed by atoms with Gasteiger partial charge in [0.25, 0.3) is 5.91 Å². The van der Waals surface area contributed by atoms with Gasteiger partial charge in [-0.2, -0.15) is 0 Å². The molecule has 104 valence electrons. The highest BCUT2D eigenvalue weighted by Gasteiger charge is 2.50. The fourth-order valence-electron chi connectivity index (χ4n) is 2.42. The number of aliphatic hydroxyl groups excluding tert-OH is 3. The third kappa shape index (κ3) is 1.82. The Hall–Kier alpha value is -1.55. The van der Waals surface area contributed by atoms with Crippen molar-refractivity contribution in [3.63, 3.8) is 0 Å². The zero-order valence-corrected chi connectivity index (χ0v) is 9.83. The Morgan fingerprint density at radius 1 is 1.37 bits per heavy atom. The van der Waals surface area contributed by atoms with Crippen molar-refractivity contribution in [2.45, 2.75) is 36.7 Å². The van der Waals surface area contributed by atoms with Gasteiger partial charge < -0.3 is 30.3 Å². The fraction of sp³-hybridized carbons (Fsp3) is 0.700. The SMILES string of the molecule is O=C1NC=N[C@@H]2[C@@H]1N=CN2[C@@H]1O[C@H](CO)[C@H](O)[C@@H]1O. The molecular formula is C10H14N4O5. The van der Waals surface area contributed by atoms with Crippen molar-refractivity contribution in [2.75, 3.05) is 6.61 Å². The van der Waals surface area contributed by atoms with Crippen molar-refractivity contribution in [1.82, 2.24) is 10.2 Å². The van der Waals surface area contributed by atoms with Gasteiger partial charge in [-0.25, -0.2) is 4.99 Å².